The molecule has 0 aliphatic carbocycles. The Hall–Kier alpha value is -1.65. The van der Waals surface area contributed by atoms with E-state index in [2.05, 4.69) is 10.2 Å². The fourth-order valence-corrected chi connectivity index (χ4v) is 2.02. The molecule has 0 unspecified atom stereocenters. The van der Waals surface area contributed by atoms with Crippen molar-refractivity contribution in [2.24, 2.45) is 10.2 Å². The van der Waals surface area contributed by atoms with Crippen molar-refractivity contribution in [3.63, 3.8) is 0 Å². The monoisotopic (exact) mass is 331 g/mol. The van der Waals surface area contributed by atoms with Crippen LogP contribution in [0.15, 0.2) is 51.5 Å². The molecule has 0 spiro atoms. The van der Waals surface area contributed by atoms with E-state index in [-0.39, 0.29) is 46.7 Å². The van der Waals surface area contributed by atoms with Crippen LogP contribution in [0.25, 0.3) is 0 Å². The maximum absolute atomic E-state index is 11.0. The van der Waals surface area contributed by atoms with Crippen LogP contribution in [-0.4, -0.2) is 47.6 Å². The molecule has 1 radical (unpaired) electrons. The molecular formula is C12H12N4NaO4S. The normalized spacial score (nSPS) is 11.3. The van der Waals surface area contributed by atoms with Gasteiger partial charge < -0.3 is 16.6 Å². The van der Waals surface area contributed by atoms with Gasteiger partial charge in [-0.2, -0.15) is 8.42 Å². The number of benzene rings is 2. The zero-order chi connectivity index (χ0) is 15.6. The SMILES string of the molecule is Nc1ccc(N=Nc2cc(S(=O)(=O)O)ccc2O)c(N)c1.[Na]. The zero-order valence-corrected chi connectivity index (χ0v) is 14.4. The minimum atomic E-state index is -4.39. The van der Waals surface area contributed by atoms with Crippen molar-refractivity contribution in [1.82, 2.24) is 0 Å². The molecule has 0 saturated carbocycles. The van der Waals surface area contributed by atoms with Crippen molar-refractivity contribution in [2.45, 2.75) is 4.90 Å². The van der Waals surface area contributed by atoms with Gasteiger partial charge in [0, 0.05) is 35.2 Å². The summed E-state index contributed by atoms with van der Waals surface area (Å²) in [5.74, 6) is -0.292. The molecule has 8 nitrogen and oxygen atoms in total. The minimum Gasteiger partial charge on any atom is -0.506 e. The Morgan fingerprint density at radius 3 is 2.18 bits per heavy atom. The van der Waals surface area contributed by atoms with E-state index in [1.165, 1.54) is 12.1 Å². The first kappa shape index (κ1) is 18.4. The van der Waals surface area contributed by atoms with Crippen LogP contribution < -0.4 is 11.5 Å². The number of nitrogens with zero attached hydrogens (tertiary/aromatic N) is 2. The Morgan fingerprint density at radius 2 is 1.59 bits per heavy atom. The number of nitrogens with two attached hydrogens (primary N) is 2. The molecule has 0 heterocycles. The summed E-state index contributed by atoms with van der Waals surface area (Å²) in [6, 6.07) is 7.70. The summed E-state index contributed by atoms with van der Waals surface area (Å²) in [6.45, 7) is 0. The van der Waals surface area contributed by atoms with Crippen molar-refractivity contribution in [1.29, 1.82) is 0 Å². The van der Waals surface area contributed by atoms with E-state index >= 15 is 0 Å². The molecule has 0 bridgehead atoms. The van der Waals surface area contributed by atoms with Crippen LogP contribution in [0.4, 0.5) is 22.7 Å². The Morgan fingerprint density at radius 1 is 0.955 bits per heavy atom. The predicted octanol–water partition coefficient (Wildman–Crippen LogP) is 1.84. The molecular weight excluding hydrogens is 319 g/mol. The molecule has 0 aliphatic heterocycles. The van der Waals surface area contributed by atoms with E-state index in [0.717, 1.165) is 18.2 Å². The first-order valence-electron chi connectivity index (χ1n) is 5.64. The Kier molecular flexibility index (Phi) is 5.92. The van der Waals surface area contributed by atoms with Gasteiger partial charge in [-0.3, -0.25) is 4.55 Å². The Balaban J connectivity index is 0.00000242. The zero-order valence-electron chi connectivity index (χ0n) is 11.6. The largest absolute Gasteiger partial charge is 0.506 e. The second kappa shape index (κ2) is 7.07. The first-order chi connectivity index (χ1) is 9.77. The first-order valence-corrected chi connectivity index (χ1v) is 7.08. The molecule has 0 atom stereocenters. The molecule has 0 aromatic heterocycles. The number of nitrogen functional groups attached to an aromatic ring is 2. The average Bonchev–Trinajstić information content (AvgIpc) is 2.38. The molecule has 0 aliphatic rings. The molecule has 111 valence electrons. The molecule has 6 N–H and O–H groups in total. The summed E-state index contributed by atoms with van der Waals surface area (Å²) in [5.41, 5.74) is 12.2. The summed E-state index contributed by atoms with van der Waals surface area (Å²) < 4.78 is 31.0. The van der Waals surface area contributed by atoms with Crippen molar-refractivity contribution >= 4 is 62.4 Å². The van der Waals surface area contributed by atoms with E-state index in [4.69, 9.17) is 16.0 Å². The molecule has 0 amide bonds. The fourth-order valence-electron chi connectivity index (χ4n) is 1.52. The summed E-state index contributed by atoms with van der Waals surface area (Å²) in [6.07, 6.45) is 0. The standard InChI is InChI=1S/C12H12N4O4S.Na/c13-7-1-3-10(9(14)5-7)15-16-11-6-8(21(18,19)20)2-4-12(11)17;/h1-6,17H,13-14H2,(H,18,19,20);. The fraction of sp³-hybridized carbons (Fsp3) is 0. The summed E-state index contributed by atoms with van der Waals surface area (Å²) in [7, 11) is -4.39. The van der Waals surface area contributed by atoms with Crippen molar-refractivity contribution in [3.8, 4) is 5.75 Å². The van der Waals surface area contributed by atoms with Crippen LogP contribution in [-0.2, 0) is 10.1 Å². The van der Waals surface area contributed by atoms with Gasteiger partial charge in [0.15, 0.2) is 0 Å². The van der Waals surface area contributed by atoms with E-state index in [9.17, 15) is 13.5 Å². The predicted molar refractivity (Wildman–Crippen MR) is 83.1 cm³/mol. The second-order valence-corrected chi connectivity index (χ2v) is 5.57. The maximum Gasteiger partial charge on any atom is 0.294 e. The summed E-state index contributed by atoms with van der Waals surface area (Å²) in [5, 5.41) is 17.1. The van der Waals surface area contributed by atoms with Crippen LogP contribution in [0.1, 0.15) is 0 Å². The number of anilines is 2. The number of hydrogen-bond donors (Lipinski definition) is 4. The van der Waals surface area contributed by atoms with Gasteiger partial charge in [-0.1, -0.05) is 0 Å². The van der Waals surface area contributed by atoms with Crippen molar-refractivity contribution in [3.05, 3.63) is 36.4 Å². The number of azo groups is 1. The van der Waals surface area contributed by atoms with Gasteiger partial charge in [0.25, 0.3) is 10.1 Å². The van der Waals surface area contributed by atoms with Gasteiger partial charge in [0.05, 0.1) is 10.6 Å². The van der Waals surface area contributed by atoms with Crippen LogP contribution in [0.2, 0.25) is 0 Å². The van der Waals surface area contributed by atoms with E-state index in [0.29, 0.717) is 11.4 Å². The van der Waals surface area contributed by atoms with Crippen LogP contribution in [0.3, 0.4) is 0 Å². The minimum absolute atomic E-state index is 0. The average molecular weight is 331 g/mol. The number of hydrogen-bond acceptors (Lipinski definition) is 7. The molecule has 2 aromatic carbocycles. The number of rotatable bonds is 3. The van der Waals surface area contributed by atoms with E-state index < -0.39 is 15.0 Å². The number of phenols is 1. The molecule has 0 saturated heterocycles. The van der Waals surface area contributed by atoms with Gasteiger partial charge in [0.1, 0.15) is 17.1 Å². The molecule has 2 aromatic rings. The summed E-state index contributed by atoms with van der Waals surface area (Å²) in [4.78, 5) is -0.403. The maximum atomic E-state index is 11.0. The van der Waals surface area contributed by atoms with Crippen LogP contribution in [0, 0.1) is 0 Å². The third-order valence-electron chi connectivity index (χ3n) is 2.56. The van der Waals surface area contributed by atoms with Crippen molar-refractivity contribution in [2.75, 3.05) is 11.5 Å². The molecule has 2 rings (SSSR count). The van der Waals surface area contributed by atoms with Gasteiger partial charge in [-0.05, 0) is 36.4 Å². The van der Waals surface area contributed by atoms with E-state index in [1.54, 1.807) is 6.07 Å². The molecule has 0 fully saturated rings. The Labute approximate surface area is 148 Å². The number of aromatic hydroxyl groups is 1. The van der Waals surface area contributed by atoms with Crippen LogP contribution >= 0.6 is 0 Å². The smallest absolute Gasteiger partial charge is 0.294 e. The quantitative estimate of drug-likeness (QED) is 0.291. The van der Waals surface area contributed by atoms with Gasteiger partial charge >= 0.3 is 0 Å². The molecule has 10 heteroatoms. The molecule has 22 heavy (non-hydrogen) atoms. The Bertz CT molecular complexity index is 824. The second-order valence-electron chi connectivity index (χ2n) is 4.14. The third-order valence-corrected chi connectivity index (χ3v) is 3.41. The van der Waals surface area contributed by atoms with Crippen LogP contribution in [0.5, 0.6) is 5.75 Å². The van der Waals surface area contributed by atoms with Gasteiger partial charge in [-0.25, -0.2) is 0 Å². The topological polar surface area (TPSA) is 151 Å². The third kappa shape index (κ3) is 4.42. The van der Waals surface area contributed by atoms with Gasteiger partial charge in [-0.15, -0.1) is 10.2 Å². The summed E-state index contributed by atoms with van der Waals surface area (Å²) >= 11 is 0. The van der Waals surface area contributed by atoms with Crippen molar-refractivity contribution < 1.29 is 18.1 Å². The van der Waals surface area contributed by atoms with E-state index in [1.807, 2.05) is 0 Å². The van der Waals surface area contributed by atoms with Gasteiger partial charge in [0.2, 0.25) is 0 Å². The number of phenolic OH excluding ortho intramolecular Hbond substituents is 1.